The van der Waals surface area contributed by atoms with Gasteiger partial charge in [-0.15, -0.1) is 0 Å². The number of nitrogens with one attached hydrogen (secondary N) is 1. The Morgan fingerprint density at radius 2 is 2.00 bits per heavy atom. The maximum absolute atomic E-state index is 12.1. The number of ether oxygens (including phenoxy) is 2. The van der Waals surface area contributed by atoms with Crippen LogP contribution >= 0.6 is 0 Å². The Morgan fingerprint density at radius 1 is 1.15 bits per heavy atom. The molecule has 2 aromatic heterocycles. The first-order valence-electron chi connectivity index (χ1n) is 7.85. The van der Waals surface area contributed by atoms with E-state index < -0.39 is 5.91 Å². The normalized spacial score (nSPS) is 10.3. The van der Waals surface area contributed by atoms with Crippen molar-refractivity contribution in [3.63, 3.8) is 0 Å². The standard InChI is InChI=1S/C17H16N6O4/c1-11(24)12-3-4-13(14(5-12)26-2)27-7-17(25)22-15-6-16(20-9-19-15)23-10-18-8-21-23/h3-6,8-10H,7H2,1-2H3,(H,19,20,22,25). The minimum absolute atomic E-state index is 0.0930. The lowest BCUT2D eigenvalue weighted by Crippen LogP contribution is -2.21. The molecule has 3 rings (SSSR count). The van der Waals surface area contributed by atoms with E-state index in [0.29, 0.717) is 28.7 Å². The first-order valence-corrected chi connectivity index (χ1v) is 7.85. The molecule has 1 aromatic carbocycles. The summed E-state index contributed by atoms with van der Waals surface area (Å²) >= 11 is 0. The highest BCUT2D eigenvalue weighted by molar-refractivity contribution is 5.94. The summed E-state index contributed by atoms with van der Waals surface area (Å²) in [5, 5.41) is 6.57. The van der Waals surface area contributed by atoms with Gasteiger partial charge in [0.1, 0.15) is 24.8 Å². The topological polar surface area (TPSA) is 121 Å². The van der Waals surface area contributed by atoms with E-state index in [1.165, 1.54) is 37.7 Å². The number of methoxy groups -OCH3 is 1. The van der Waals surface area contributed by atoms with Gasteiger partial charge in [-0.25, -0.2) is 19.6 Å². The summed E-state index contributed by atoms with van der Waals surface area (Å²) in [6.45, 7) is 1.19. The molecule has 0 saturated carbocycles. The number of nitrogens with zero attached hydrogens (tertiary/aromatic N) is 5. The second-order valence-electron chi connectivity index (χ2n) is 5.36. The van der Waals surface area contributed by atoms with Gasteiger partial charge in [0.25, 0.3) is 5.91 Å². The molecule has 0 aliphatic rings. The van der Waals surface area contributed by atoms with Crippen molar-refractivity contribution in [2.24, 2.45) is 0 Å². The second kappa shape index (κ2) is 8.04. The minimum Gasteiger partial charge on any atom is -0.493 e. The molecule has 2 heterocycles. The van der Waals surface area contributed by atoms with Gasteiger partial charge in [-0.05, 0) is 25.1 Å². The molecular formula is C17H16N6O4. The van der Waals surface area contributed by atoms with Crippen LogP contribution in [-0.2, 0) is 4.79 Å². The Labute approximate surface area is 154 Å². The molecule has 0 spiro atoms. The zero-order valence-electron chi connectivity index (χ0n) is 14.6. The largest absolute Gasteiger partial charge is 0.493 e. The number of hydrogen-bond acceptors (Lipinski definition) is 8. The summed E-state index contributed by atoms with van der Waals surface area (Å²) in [7, 11) is 1.46. The lowest BCUT2D eigenvalue weighted by Gasteiger charge is -2.11. The molecule has 0 fully saturated rings. The van der Waals surface area contributed by atoms with Crippen molar-refractivity contribution >= 4 is 17.5 Å². The Balaban J connectivity index is 1.63. The van der Waals surface area contributed by atoms with E-state index in [0.717, 1.165) is 0 Å². The molecule has 0 saturated heterocycles. The predicted molar refractivity (Wildman–Crippen MR) is 94.1 cm³/mol. The number of carbonyl (C=O) groups is 2. The van der Waals surface area contributed by atoms with Crippen LogP contribution in [0.2, 0.25) is 0 Å². The maximum atomic E-state index is 12.1. The van der Waals surface area contributed by atoms with Gasteiger partial charge < -0.3 is 14.8 Å². The van der Waals surface area contributed by atoms with E-state index in [9.17, 15) is 9.59 Å². The fourth-order valence-electron chi connectivity index (χ4n) is 2.20. The van der Waals surface area contributed by atoms with E-state index in [1.807, 2.05) is 0 Å². The number of rotatable bonds is 7. The van der Waals surface area contributed by atoms with E-state index in [4.69, 9.17) is 9.47 Å². The van der Waals surface area contributed by atoms with Crippen molar-refractivity contribution in [2.75, 3.05) is 19.0 Å². The molecular weight excluding hydrogens is 352 g/mol. The smallest absolute Gasteiger partial charge is 0.263 e. The van der Waals surface area contributed by atoms with Crippen LogP contribution in [0.25, 0.3) is 5.82 Å². The molecule has 10 heteroatoms. The zero-order valence-corrected chi connectivity index (χ0v) is 14.6. The highest BCUT2D eigenvalue weighted by Gasteiger charge is 2.11. The van der Waals surface area contributed by atoms with Crippen LogP contribution in [0.5, 0.6) is 11.5 Å². The summed E-state index contributed by atoms with van der Waals surface area (Å²) in [5.41, 5.74) is 0.491. The van der Waals surface area contributed by atoms with E-state index in [1.54, 1.807) is 24.3 Å². The van der Waals surface area contributed by atoms with Crippen LogP contribution in [0.15, 0.2) is 43.2 Å². The van der Waals surface area contributed by atoms with Crippen molar-refractivity contribution in [3.8, 4) is 17.3 Å². The molecule has 27 heavy (non-hydrogen) atoms. The van der Waals surface area contributed by atoms with Crippen molar-refractivity contribution in [3.05, 3.63) is 48.8 Å². The third-order valence-electron chi connectivity index (χ3n) is 3.50. The Kier molecular flexibility index (Phi) is 5.36. The van der Waals surface area contributed by atoms with Gasteiger partial charge in [0.05, 0.1) is 7.11 Å². The molecule has 1 N–H and O–H groups in total. The minimum atomic E-state index is -0.420. The predicted octanol–water partition coefficient (Wildman–Crippen LogP) is 1.29. The highest BCUT2D eigenvalue weighted by Crippen LogP contribution is 2.28. The van der Waals surface area contributed by atoms with Crippen molar-refractivity contribution in [1.82, 2.24) is 24.7 Å². The van der Waals surface area contributed by atoms with Crippen molar-refractivity contribution in [1.29, 1.82) is 0 Å². The number of hydrogen-bond donors (Lipinski definition) is 1. The molecule has 3 aromatic rings. The van der Waals surface area contributed by atoms with Crippen molar-refractivity contribution < 1.29 is 19.1 Å². The van der Waals surface area contributed by atoms with Gasteiger partial charge in [0.15, 0.2) is 29.7 Å². The highest BCUT2D eigenvalue weighted by atomic mass is 16.5. The average molecular weight is 368 g/mol. The lowest BCUT2D eigenvalue weighted by atomic mass is 10.1. The molecule has 0 unspecified atom stereocenters. The number of anilines is 1. The van der Waals surface area contributed by atoms with Crippen LogP contribution in [0.3, 0.4) is 0 Å². The number of amides is 1. The SMILES string of the molecule is COc1cc(C(C)=O)ccc1OCC(=O)Nc1cc(-n2cncn2)ncn1. The van der Waals surface area contributed by atoms with Crippen LogP contribution in [0, 0.1) is 0 Å². The second-order valence-corrected chi connectivity index (χ2v) is 5.36. The van der Waals surface area contributed by atoms with Gasteiger partial charge in [-0.3, -0.25) is 9.59 Å². The van der Waals surface area contributed by atoms with Crippen LogP contribution in [-0.4, -0.2) is 50.1 Å². The lowest BCUT2D eigenvalue weighted by molar-refractivity contribution is -0.118. The van der Waals surface area contributed by atoms with Gasteiger partial charge in [-0.2, -0.15) is 5.10 Å². The third kappa shape index (κ3) is 4.42. The average Bonchev–Trinajstić information content (AvgIpc) is 3.21. The fraction of sp³-hybridized carbons (Fsp3) is 0.176. The zero-order chi connectivity index (χ0) is 19.2. The monoisotopic (exact) mass is 368 g/mol. The van der Waals surface area contributed by atoms with Gasteiger partial charge >= 0.3 is 0 Å². The molecule has 10 nitrogen and oxygen atoms in total. The third-order valence-corrected chi connectivity index (χ3v) is 3.50. The molecule has 0 atom stereocenters. The number of Topliss-reactive ketones (excluding diaryl/α,β-unsaturated/α-hetero) is 1. The van der Waals surface area contributed by atoms with Crippen LogP contribution < -0.4 is 14.8 Å². The molecule has 138 valence electrons. The Morgan fingerprint density at radius 3 is 2.70 bits per heavy atom. The maximum Gasteiger partial charge on any atom is 0.263 e. The van der Waals surface area contributed by atoms with E-state index in [2.05, 4.69) is 25.4 Å². The van der Waals surface area contributed by atoms with Crippen LogP contribution in [0.4, 0.5) is 5.82 Å². The summed E-state index contributed by atoms with van der Waals surface area (Å²) < 4.78 is 12.1. The van der Waals surface area contributed by atoms with Crippen molar-refractivity contribution in [2.45, 2.75) is 6.92 Å². The summed E-state index contributed by atoms with van der Waals surface area (Å²) in [6, 6.07) is 6.29. The number of ketones is 1. The fourth-order valence-corrected chi connectivity index (χ4v) is 2.20. The summed E-state index contributed by atoms with van der Waals surface area (Å²) in [6.07, 6.45) is 4.16. The van der Waals surface area contributed by atoms with Crippen LogP contribution in [0.1, 0.15) is 17.3 Å². The van der Waals surface area contributed by atoms with Gasteiger partial charge in [0.2, 0.25) is 0 Å². The first kappa shape index (κ1) is 18.0. The van der Waals surface area contributed by atoms with Gasteiger partial charge in [-0.1, -0.05) is 0 Å². The molecule has 0 aliphatic heterocycles. The van der Waals surface area contributed by atoms with Gasteiger partial charge in [0, 0.05) is 11.6 Å². The Hall–Kier alpha value is -3.82. The summed E-state index contributed by atoms with van der Waals surface area (Å²) in [5.74, 6) is 0.957. The van der Waals surface area contributed by atoms with E-state index in [-0.39, 0.29) is 12.4 Å². The molecule has 0 bridgehead atoms. The number of aromatic nitrogens is 5. The molecule has 1 amide bonds. The quantitative estimate of drug-likeness (QED) is 0.619. The van der Waals surface area contributed by atoms with E-state index >= 15 is 0 Å². The number of carbonyl (C=O) groups excluding carboxylic acids is 2. The number of benzene rings is 1. The molecule has 0 radical (unpaired) electrons. The molecule has 0 aliphatic carbocycles. The Bertz CT molecular complexity index is 958. The first-order chi connectivity index (χ1) is 13.1. The summed E-state index contributed by atoms with van der Waals surface area (Å²) in [4.78, 5) is 35.4.